The number of amides is 1. The first-order chi connectivity index (χ1) is 12.1. The Morgan fingerprint density at radius 3 is 2.58 bits per heavy atom. The molecule has 1 amide bonds. The summed E-state index contributed by atoms with van der Waals surface area (Å²) in [6.45, 7) is 3.43. The van der Waals surface area contributed by atoms with E-state index in [1.54, 1.807) is 12.1 Å². The molecule has 0 aliphatic carbocycles. The van der Waals surface area contributed by atoms with Gasteiger partial charge in [-0.25, -0.2) is 4.98 Å². The van der Waals surface area contributed by atoms with E-state index in [0.29, 0.717) is 10.2 Å². The zero-order valence-corrected chi connectivity index (χ0v) is 15.9. The average Bonchev–Trinajstić information content (AvgIpc) is 2.86. The number of nitrogens with one attached hydrogen (secondary N) is 1. The molecule has 9 heteroatoms. The molecule has 0 fully saturated rings. The van der Waals surface area contributed by atoms with Crippen molar-refractivity contribution in [1.82, 2.24) is 9.38 Å². The quantitative estimate of drug-likeness (QED) is 0.554. The van der Waals surface area contributed by atoms with E-state index in [1.807, 2.05) is 13.0 Å². The fraction of sp³-hybridized carbons (Fsp3) is 0.176. The smallest absolute Gasteiger partial charge is 0.320 e. The maximum absolute atomic E-state index is 13.1. The molecule has 0 radical (unpaired) electrons. The van der Waals surface area contributed by atoms with E-state index in [1.165, 1.54) is 6.92 Å². The number of nitrogens with zero attached hydrogens (tertiary/aromatic N) is 2. The minimum Gasteiger partial charge on any atom is -0.320 e. The summed E-state index contributed by atoms with van der Waals surface area (Å²) in [5.74, 6) is -0.588. The molecule has 0 atom stereocenters. The van der Waals surface area contributed by atoms with Crippen molar-refractivity contribution in [1.29, 1.82) is 0 Å². The topological polar surface area (TPSA) is 46.4 Å². The second-order valence-electron chi connectivity index (χ2n) is 5.75. The summed E-state index contributed by atoms with van der Waals surface area (Å²) in [7, 11) is 0. The van der Waals surface area contributed by atoms with E-state index < -0.39 is 17.6 Å². The van der Waals surface area contributed by atoms with Crippen LogP contribution in [0.5, 0.6) is 0 Å². The first-order valence-electron chi connectivity index (χ1n) is 7.41. The van der Waals surface area contributed by atoms with E-state index in [0.717, 1.165) is 22.2 Å². The summed E-state index contributed by atoms with van der Waals surface area (Å²) in [6.07, 6.45) is -3.77. The second-order valence-corrected chi connectivity index (χ2v) is 7.01. The number of rotatable bonds is 2. The Bertz CT molecular complexity index is 1030. The van der Waals surface area contributed by atoms with Crippen LogP contribution in [0.1, 0.15) is 27.3 Å². The zero-order valence-electron chi connectivity index (χ0n) is 13.6. The standard InChI is InChI=1S/C17H12BrClF3N3O/c1-8-3-4-13(11(18)5-8)24-16(26)14-9(2)23-15-12(19)6-10(7-25(14)15)17(20,21)22/h3-7H,1-2H3,(H,24,26). The number of pyridine rings is 1. The number of fused-ring (bicyclic) bond motifs is 1. The molecule has 4 nitrogen and oxygen atoms in total. The van der Waals surface area contributed by atoms with Crippen LogP contribution in [0.15, 0.2) is 34.9 Å². The van der Waals surface area contributed by atoms with Gasteiger partial charge >= 0.3 is 6.18 Å². The van der Waals surface area contributed by atoms with Crippen LogP contribution in [0.3, 0.4) is 0 Å². The largest absolute Gasteiger partial charge is 0.417 e. The molecule has 2 aromatic heterocycles. The van der Waals surface area contributed by atoms with E-state index in [4.69, 9.17) is 11.6 Å². The van der Waals surface area contributed by atoms with Gasteiger partial charge in [-0.15, -0.1) is 0 Å². The number of imidazole rings is 1. The van der Waals surface area contributed by atoms with Crippen LogP contribution in [0.4, 0.5) is 18.9 Å². The zero-order chi connectivity index (χ0) is 19.2. The SMILES string of the molecule is Cc1ccc(NC(=O)c2c(C)nc3c(Cl)cc(C(F)(F)F)cn23)c(Br)c1. The molecular weight excluding hydrogens is 435 g/mol. The van der Waals surface area contributed by atoms with Gasteiger partial charge in [0.15, 0.2) is 5.65 Å². The summed E-state index contributed by atoms with van der Waals surface area (Å²) in [5, 5.41) is 2.50. The molecule has 0 aliphatic rings. The molecule has 2 heterocycles. The summed E-state index contributed by atoms with van der Waals surface area (Å²) >= 11 is 9.29. The van der Waals surface area contributed by atoms with Crippen molar-refractivity contribution in [3.05, 3.63) is 62.5 Å². The van der Waals surface area contributed by atoms with Gasteiger partial charge in [-0.1, -0.05) is 17.7 Å². The fourth-order valence-corrected chi connectivity index (χ4v) is 3.39. The van der Waals surface area contributed by atoms with Crippen LogP contribution in [0, 0.1) is 13.8 Å². The lowest BCUT2D eigenvalue weighted by atomic mass is 10.2. The predicted molar refractivity (Wildman–Crippen MR) is 96.8 cm³/mol. The highest BCUT2D eigenvalue weighted by molar-refractivity contribution is 9.10. The van der Waals surface area contributed by atoms with Crippen molar-refractivity contribution in [3.63, 3.8) is 0 Å². The molecule has 0 spiro atoms. The normalized spacial score (nSPS) is 11.8. The number of carbonyl (C=O) groups excluding carboxylic acids is 1. The highest BCUT2D eigenvalue weighted by atomic mass is 79.9. The van der Waals surface area contributed by atoms with Crippen LogP contribution in [-0.4, -0.2) is 15.3 Å². The van der Waals surface area contributed by atoms with Crippen LogP contribution < -0.4 is 5.32 Å². The molecule has 1 N–H and O–H groups in total. The summed E-state index contributed by atoms with van der Waals surface area (Å²) in [4.78, 5) is 16.8. The van der Waals surface area contributed by atoms with Crippen molar-refractivity contribution in [2.24, 2.45) is 0 Å². The lowest BCUT2D eigenvalue weighted by Crippen LogP contribution is -2.17. The maximum atomic E-state index is 13.1. The summed E-state index contributed by atoms with van der Waals surface area (Å²) in [6, 6.07) is 6.11. The Kier molecular flexibility index (Phi) is 4.74. The molecule has 136 valence electrons. The van der Waals surface area contributed by atoms with Gasteiger partial charge < -0.3 is 5.32 Å². The van der Waals surface area contributed by atoms with Crippen LogP contribution in [-0.2, 0) is 6.18 Å². The predicted octanol–water partition coefficient (Wildman–Crippen LogP) is 5.64. The highest BCUT2D eigenvalue weighted by Gasteiger charge is 2.33. The monoisotopic (exact) mass is 445 g/mol. The number of anilines is 1. The Morgan fingerprint density at radius 1 is 1.27 bits per heavy atom. The molecule has 0 aliphatic heterocycles. The van der Waals surface area contributed by atoms with Crippen LogP contribution >= 0.6 is 27.5 Å². The fourth-order valence-electron chi connectivity index (χ4n) is 2.55. The van der Waals surface area contributed by atoms with Crippen molar-refractivity contribution >= 4 is 44.8 Å². The highest BCUT2D eigenvalue weighted by Crippen LogP contribution is 2.33. The van der Waals surface area contributed by atoms with Crippen molar-refractivity contribution < 1.29 is 18.0 Å². The lowest BCUT2D eigenvalue weighted by Gasteiger charge is -2.11. The number of aromatic nitrogens is 2. The maximum Gasteiger partial charge on any atom is 0.417 e. The Balaban J connectivity index is 2.10. The molecule has 1 aromatic carbocycles. The van der Waals surface area contributed by atoms with Gasteiger partial charge in [0.05, 0.1) is 22.0 Å². The van der Waals surface area contributed by atoms with Crippen LogP contribution in [0.2, 0.25) is 5.02 Å². The molecule has 0 unspecified atom stereocenters. The number of halogens is 5. The van der Waals surface area contributed by atoms with Gasteiger partial charge in [0.1, 0.15) is 5.69 Å². The van der Waals surface area contributed by atoms with Gasteiger partial charge in [-0.3, -0.25) is 9.20 Å². The van der Waals surface area contributed by atoms with Gasteiger partial charge in [0, 0.05) is 10.7 Å². The molecule has 3 rings (SSSR count). The minimum atomic E-state index is -4.59. The number of alkyl halides is 3. The Labute approximate surface area is 160 Å². The van der Waals surface area contributed by atoms with E-state index in [9.17, 15) is 18.0 Å². The number of benzene rings is 1. The third-order valence-corrected chi connectivity index (χ3v) is 4.70. The molecule has 0 saturated heterocycles. The number of aryl methyl sites for hydroxylation is 2. The first-order valence-corrected chi connectivity index (χ1v) is 8.58. The number of hydrogen-bond donors (Lipinski definition) is 1. The van der Waals surface area contributed by atoms with E-state index in [2.05, 4.69) is 26.2 Å². The average molecular weight is 447 g/mol. The summed E-state index contributed by atoms with van der Waals surface area (Å²) < 4.78 is 40.9. The van der Waals surface area contributed by atoms with Crippen molar-refractivity contribution in [2.75, 3.05) is 5.32 Å². The van der Waals surface area contributed by atoms with Crippen molar-refractivity contribution in [2.45, 2.75) is 20.0 Å². The third-order valence-electron chi connectivity index (χ3n) is 3.76. The molecule has 0 saturated carbocycles. The number of carbonyl (C=O) groups is 1. The lowest BCUT2D eigenvalue weighted by molar-refractivity contribution is -0.137. The van der Waals surface area contributed by atoms with Crippen LogP contribution in [0.25, 0.3) is 5.65 Å². The third kappa shape index (κ3) is 3.43. The molecule has 3 aromatic rings. The number of hydrogen-bond acceptors (Lipinski definition) is 2. The molecule has 0 bridgehead atoms. The van der Waals surface area contributed by atoms with Gasteiger partial charge in [-0.2, -0.15) is 13.2 Å². The van der Waals surface area contributed by atoms with Gasteiger partial charge in [0.25, 0.3) is 5.91 Å². The first kappa shape index (κ1) is 18.7. The molecule has 26 heavy (non-hydrogen) atoms. The van der Waals surface area contributed by atoms with Gasteiger partial charge in [0.2, 0.25) is 0 Å². The van der Waals surface area contributed by atoms with E-state index in [-0.39, 0.29) is 22.1 Å². The van der Waals surface area contributed by atoms with Gasteiger partial charge in [-0.05, 0) is 53.5 Å². The second kappa shape index (κ2) is 6.59. The minimum absolute atomic E-state index is 0.0134. The summed E-state index contributed by atoms with van der Waals surface area (Å²) in [5.41, 5.74) is 0.867. The molecular formula is C17H12BrClF3N3O. The van der Waals surface area contributed by atoms with Crippen molar-refractivity contribution in [3.8, 4) is 0 Å². The Morgan fingerprint density at radius 2 is 1.96 bits per heavy atom. The Hall–Kier alpha value is -2.06. The van der Waals surface area contributed by atoms with E-state index >= 15 is 0 Å².